The number of rotatable bonds is 17. The zero-order valence-electron chi connectivity index (χ0n) is 28.6. The van der Waals surface area contributed by atoms with Gasteiger partial charge in [-0.05, 0) is 110 Å². The molecule has 0 aliphatic carbocycles. The van der Waals surface area contributed by atoms with Crippen molar-refractivity contribution in [3.8, 4) is 0 Å². The van der Waals surface area contributed by atoms with Crippen molar-refractivity contribution in [1.82, 2.24) is 0 Å². The Bertz CT molecular complexity index is 870. The van der Waals surface area contributed by atoms with E-state index < -0.39 is 29.1 Å². The molecule has 0 saturated heterocycles. The van der Waals surface area contributed by atoms with E-state index in [0.717, 1.165) is 23.8 Å². The summed E-state index contributed by atoms with van der Waals surface area (Å²) in [5, 5.41) is 0. The van der Waals surface area contributed by atoms with E-state index in [9.17, 15) is 14.4 Å². The zero-order chi connectivity index (χ0) is 32.0. The molecule has 0 aromatic rings. The van der Waals surface area contributed by atoms with Gasteiger partial charge >= 0.3 is 17.9 Å². The van der Waals surface area contributed by atoms with Crippen molar-refractivity contribution in [2.24, 2.45) is 29.6 Å². The van der Waals surface area contributed by atoms with Crippen LogP contribution >= 0.6 is 0 Å². The summed E-state index contributed by atoms with van der Waals surface area (Å²) in [4.78, 5) is 37.6. The maximum atomic E-state index is 13.1. The smallest absolute Gasteiger partial charge is 0.334 e. The highest BCUT2D eigenvalue weighted by atomic mass is 16.6. The Kier molecular flexibility index (Phi) is 17.5. The van der Waals surface area contributed by atoms with Gasteiger partial charge in [0.2, 0.25) is 0 Å². The topological polar surface area (TPSA) is 78.9 Å². The summed E-state index contributed by atoms with van der Waals surface area (Å²) >= 11 is 0. The lowest BCUT2D eigenvalue weighted by molar-refractivity contribution is -0.157. The standard InChI is InChI=1S/C35H62O6/c1-14-24(2)18-25(3)19-26(4)20-27(5)21-28(6)22-30(33(38)41-35(11,12)13)23-29(7)32(37)39-17-15-16-31(36)40-34(8,9)10/h21-22,24-27,29H,14-20,23H2,1-13H3/b28-21+,30-22-. The molecule has 0 aromatic carbocycles. The maximum Gasteiger partial charge on any atom is 0.334 e. The normalized spacial score (nSPS) is 16.8. The van der Waals surface area contributed by atoms with E-state index >= 15 is 0 Å². The molecule has 238 valence electrons. The first-order valence-corrected chi connectivity index (χ1v) is 15.7. The van der Waals surface area contributed by atoms with Crippen molar-refractivity contribution < 1.29 is 28.6 Å². The Morgan fingerprint density at radius 2 is 1.32 bits per heavy atom. The lowest BCUT2D eigenvalue weighted by Gasteiger charge is -2.22. The molecule has 5 unspecified atom stereocenters. The predicted octanol–water partition coefficient (Wildman–Crippen LogP) is 9.02. The summed E-state index contributed by atoms with van der Waals surface area (Å²) in [5.74, 6) is 0.792. The van der Waals surface area contributed by atoms with Gasteiger partial charge in [-0.2, -0.15) is 0 Å². The van der Waals surface area contributed by atoms with E-state index in [0.29, 0.717) is 23.8 Å². The molecule has 0 fully saturated rings. The van der Waals surface area contributed by atoms with Gasteiger partial charge < -0.3 is 14.2 Å². The minimum Gasteiger partial charge on any atom is -0.465 e. The summed E-state index contributed by atoms with van der Waals surface area (Å²) in [6, 6.07) is 0. The van der Waals surface area contributed by atoms with Gasteiger partial charge in [-0.1, -0.05) is 59.6 Å². The summed E-state index contributed by atoms with van der Waals surface area (Å²) in [6.45, 7) is 26.3. The van der Waals surface area contributed by atoms with E-state index in [4.69, 9.17) is 14.2 Å². The van der Waals surface area contributed by atoms with Crippen molar-refractivity contribution in [2.75, 3.05) is 6.61 Å². The summed E-state index contributed by atoms with van der Waals surface area (Å²) < 4.78 is 16.4. The van der Waals surface area contributed by atoms with E-state index in [2.05, 4.69) is 40.7 Å². The van der Waals surface area contributed by atoms with Crippen molar-refractivity contribution in [2.45, 2.75) is 146 Å². The van der Waals surface area contributed by atoms with E-state index in [1.165, 1.54) is 19.3 Å². The van der Waals surface area contributed by atoms with Crippen molar-refractivity contribution in [1.29, 1.82) is 0 Å². The largest absolute Gasteiger partial charge is 0.465 e. The van der Waals surface area contributed by atoms with Crippen LogP contribution in [0.15, 0.2) is 23.3 Å². The average Bonchev–Trinajstić information content (AvgIpc) is 2.78. The van der Waals surface area contributed by atoms with Gasteiger partial charge in [0.15, 0.2) is 0 Å². The Labute approximate surface area is 252 Å². The van der Waals surface area contributed by atoms with Crippen molar-refractivity contribution in [3.63, 3.8) is 0 Å². The molecular weight excluding hydrogens is 516 g/mol. The van der Waals surface area contributed by atoms with Crippen LogP contribution in [0.1, 0.15) is 135 Å². The Morgan fingerprint density at radius 1 is 0.780 bits per heavy atom. The van der Waals surface area contributed by atoms with Crippen LogP contribution in [0.3, 0.4) is 0 Å². The minimum absolute atomic E-state index is 0.124. The number of hydrogen-bond donors (Lipinski definition) is 0. The first-order chi connectivity index (χ1) is 18.7. The Balaban J connectivity index is 5.28. The fourth-order valence-corrected chi connectivity index (χ4v) is 5.09. The van der Waals surface area contributed by atoms with Crippen LogP contribution in [-0.4, -0.2) is 35.7 Å². The van der Waals surface area contributed by atoms with Gasteiger partial charge in [-0.25, -0.2) is 4.79 Å². The molecule has 0 radical (unpaired) electrons. The third kappa shape index (κ3) is 20.4. The van der Waals surface area contributed by atoms with Crippen LogP contribution in [0.4, 0.5) is 0 Å². The highest BCUT2D eigenvalue weighted by molar-refractivity contribution is 5.90. The highest BCUT2D eigenvalue weighted by Crippen LogP contribution is 2.27. The van der Waals surface area contributed by atoms with Crippen LogP contribution < -0.4 is 0 Å². The second-order valence-corrected chi connectivity index (χ2v) is 14.5. The second kappa shape index (κ2) is 18.4. The number of carbonyl (C=O) groups is 3. The molecule has 0 N–H and O–H groups in total. The van der Waals surface area contributed by atoms with Gasteiger partial charge in [0, 0.05) is 12.0 Å². The zero-order valence-corrected chi connectivity index (χ0v) is 28.6. The fourth-order valence-electron chi connectivity index (χ4n) is 5.09. The highest BCUT2D eigenvalue weighted by Gasteiger charge is 2.25. The lowest BCUT2D eigenvalue weighted by atomic mass is 9.84. The first-order valence-electron chi connectivity index (χ1n) is 15.7. The molecular formula is C35H62O6. The maximum absolute atomic E-state index is 13.1. The Morgan fingerprint density at radius 3 is 1.85 bits per heavy atom. The third-order valence-electron chi connectivity index (χ3n) is 6.81. The van der Waals surface area contributed by atoms with E-state index in [1.807, 2.05) is 54.5 Å². The predicted molar refractivity (Wildman–Crippen MR) is 168 cm³/mol. The van der Waals surface area contributed by atoms with E-state index in [-0.39, 0.29) is 25.4 Å². The van der Waals surface area contributed by atoms with Gasteiger partial charge in [-0.15, -0.1) is 0 Å². The first kappa shape index (κ1) is 38.9. The molecule has 0 spiro atoms. The van der Waals surface area contributed by atoms with Gasteiger partial charge in [-0.3, -0.25) is 9.59 Å². The summed E-state index contributed by atoms with van der Waals surface area (Å²) in [6.07, 6.45) is 9.65. The quantitative estimate of drug-likeness (QED) is 0.0563. The number of esters is 3. The van der Waals surface area contributed by atoms with Gasteiger partial charge in [0.25, 0.3) is 0 Å². The number of ether oxygens (including phenoxy) is 3. The second-order valence-electron chi connectivity index (χ2n) is 14.5. The molecule has 41 heavy (non-hydrogen) atoms. The monoisotopic (exact) mass is 578 g/mol. The molecule has 0 aliphatic rings. The van der Waals surface area contributed by atoms with Crippen LogP contribution in [0.2, 0.25) is 0 Å². The van der Waals surface area contributed by atoms with Gasteiger partial charge in [0.1, 0.15) is 11.2 Å². The number of hydrogen-bond acceptors (Lipinski definition) is 6. The lowest BCUT2D eigenvalue weighted by Crippen LogP contribution is -2.26. The minimum atomic E-state index is -0.645. The molecule has 0 amide bonds. The Hall–Kier alpha value is -2.11. The van der Waals surface area contributed by atoms with Gasteiger partial charge in [0.05, 0.1) is 12.5 Å². The molecule has 0 aliphatic heterocycles. The summed E-state index contributed by atoms with van der Waals surface area (Å²) in [5.41, 5.74) is 0.250. The van der Waals surface area contributed by atoms with Crippen LogP contribution in [0.5, 0.6) is 0 Å². The molecule has 0 saturated carbocycles. The fraction of sp³-hybridized carbons (Fsp3) is 0.800. The molecule has 0 aromatic heterocycles. The molecule has 6 nitrogen and oxygen atoms in total. The molecule has 5 atom stereocenters. The average molecular weight is 579 g/mol. The van der Waals surface area contributed by atoms with E-state index in [1.54, 1.807) is 6.92 Å². The molecule has 0 bridgehead atoms. The summed E-state index contributed by atoms with van der Waals surface area (Å²) in [7, 11) is 0. The third-order valence-corrected chi connectivity index (χ3v) is 6.81. The van der Waals surface area contributed by atoms with Crippen molar-refractivity contribution in [3.05, 3.63) is 23.3 Å². The van der Waals surface area contributed by atoms with Crippen molar-refractivity contribution >= 4 is 17.9 Å². The SMILES string of the molecule is CCC(C)CC(C)CC(C)CC(C)/C=C(C)/C=C(/CC(C)C(=O)OCCCC(=O)OC(C)(C)C)C(=O)OC(C)(C)C. The molecule has 6 heteroatoms. The molecule has 0 rings (SSSR count). The van der Waals surface area contributed by atoms with Crippen LogP contribution in [0.25, 0.3) is 0 Å². The van der Waals surface area contributed by atoms with Crippen LogP contribution in [-0.2, 0) is 28.6 Å². The number of carbonyl (C=O) groups excluding carboxylic acids is 3. The number of allylic oxidation sites excluding steroid dienone is 3. The van der Waals surface area contributed by atoms with Crippen LogP contribution in [0, 0.1) is 29.6 Å². The molecule has 0 heterocycles.